The monoisotopic (exact) mass is 478 g/mol. The van der Waals surface area contributed by atoms with Crippen LogP contribution in [-0.4, -0.2) is 42.6 Å². The molecular weight excluding hydrogens is 452 g/mol. The van der Waals surface area contributed by atoms with Gasteiger partial charge in [-0.3, -0.25) is 14.6 Å². The van der Waals surface area contributed by atoms with Crippen LogP contribution in [0, 0.1) is 12.8 Å². The first-order valence-corrected chi connectivity index (χ1v) is 12.5. The Hall–Kier alpha value is -3.56. The van der Waals surface area contributed by atoms with Gasteiger partial charge in [0.05, 0.1) is 10.8 Å². The number of pyridine rings is 1. The van der Waals surface area contributed by atoms with Crippen molar-refractivity contribution in [3.05, 3.63) is 84.2 Å². The van der Waals surface area contributed by atoms with Crippen LogP contribution < -0.4 is 10.6 Å². The van der Waals surface area contributed by atoms with Gasteiger partial charge in [-0.05, 0) is 68.3 Å². The maximum absolute atomic E-state index is 13.0. The number of anilines is 2. The van der Waals surface area contributed by atoms with Gasteiger partial charge in [-0.1, -0.05) is 23.8 Å². The van der Waals surface area contributed by atoms with Crippen LogP contribution in [0.2, 0.25) is 0 Å². The molecule has 3 aromatic rings. The van der Waals surface area contributed by atoms with E-state index in [4.69, 9.17) is 0 Å². The van der Waals surface area contributed by atoms with Crippen LogP contribution in [0.15, 0.2) is 77.8 Å². The van der Waals surface area contributed by atoms with E-state index in [2.05, 4.69) is 15.6 Å². The SMILES string of the molecule is Cc1ccc(S(=O)(=O)N2CCC[C@H](C(=O)Nc3ccc(NC(=O)c4ccccn4)cc3)C2)cc1. The predicted molar refractivity (Wildman–Crippen MR) is 130 cm³/mol. The average molecular weight is 479 g/mol. The molecule has 1 saturated heterocycles. The molecule has 0 bridgehead atoms. The second-order valence-corrected chi connectivity index (χ2v) is 10.2. The Kier molecular flexibility index (Phi) is 7.04. The lowest BCUT2D eigenvalue weighted by molar-refractivity contribution is -0.120. The van der Waals surface area contributed by atoms with Crippen molar-refractivity contribution in [3.63, 3.8) is 0 Å². The van der Waals surface area contributed by atoms with Crippen molar-refractivity contribution in [2.24, 2.45) is 5.92 Å². The van der Waals surface area contributed by atoms with Crippen LogP contribution in [0.5, 0.6) is 0 Å². The van der Waals surface area contributed by atoms with E-state index in [1.54, 1.807) is 72.9 Å². The summed E-state index contributed by atoms with van der Waals surface area (Å²) in [6.45, 7) is 2.43. The first kappa shape index (κ1) is 23.6. The molecule has 1 atom stereocenters. The number of carbonyl (C=O) groups excluding carboxylic acids is 2. The summed E-state index contributed by atoms with van der Waals surface area (Å²) in [5, 5.41) is 5.61. The van der Waals surface area contributed by atoms with Crippen molar-refractivity contribution in [1.29, 1.82) is 0 Å². The summed E-state index contributed by atoms with van der Waals surface area (Å²) in [4.78, 5) is 29.3. The van der Waals surface area contributed by atoms with Crippen LogP contribution in [0.4, 0.5) is 11.4 Å². The highest BCUT2D eigenvalue weighted by molar-refractivity contribution is 7.89. The quantitative estimate of drug-likeness (QED) is 0.562. The van der Waals surface area contributed by atoms with E-state index >= 15 is 0 Å². The van der Waals surface area contributed by atoms with E-state index in [9.17, 15) is 18.0 Å². The number of nitrogens with one attached hydrogen (secondary N) is 2. The number of carbonyl (C=O) groups is 2. The van der Waals surface area contributed by atoms with E-state index in [0.717, 1.165) is 5.56 Å². The minimum Gasteiger partial charge on any atom is -0.326 e. The molecule has 9 heteroatoms. The van der Waals surface area contributed by atoms with E-state index in [1.807, 2.05) is 6.92 Å². The molecular formula is C25H26N4O4S. The average Bonchev–Trinajstić information content (AvgIpc) is 2.86. The van der Waals surface area contributed by atoms with Gasteiger partial charge in [0.25, 0.3) is 5.91 Å². The summed E-state index contributed by atoms with van der Waals surface area (Å²) >= 11 is 0. The maximum Gasteiger partial charge on any atom is 0.274 e. The van der Waals surface area contributed by atoms with Crippen molar-refractivity contribution < 1.29 is 18.0 Å². The number of nitrogens with zero attached hydrogens (tertiary/aromatic N) is 2. The molecule has 2 heterocycles. The number of aryl methyl sites for hydroxylation is 1. The number of sulfonamides is 1. The molecule has 2 aromatic carbocycles. The molecule has 176 valence electrons. The van der Waals surface area contributed by atoms with E-state index in [-0.39, 0.29) is 23.3 Å². The van der Waals surface area contributed by atoms with E-state index < -0.39 is 15.9 Å². The summed E-state index contributed by atoms with van der Waals surface area (Å²) < 4.78 is 27.4. The Morgan fingerprint density at radius 1 is 0.941 bits per heavy atom. The Morgan fingerprint density at radius 3 is 2.26 bits per heavy atom. The van der Waals surface area contributed by atoms with Gasteiger partial charge in [0.1, 0.15) is 5.69 Å². The Balaban J connectivity index is 1.36. The van der Waals surface area contributed by atoms with Crippen LogP contribution >= 0.6 is 0 Å². The second-order valence-electron chi connectivity index (χ2n) is 8.25. The van der Waals surface area contributed by atoms with Crippen LogP contribution in [0.3, 0.4) is 0 Å². The molecule has 1 fully saturated rings. The smallest absolute Gasteiger partial charge is 0.274 e. The van der Waals surface area contributed by atoms with Crippen molar-refractivity contribution in [1.82, 2.24) is 9.29 Å². The fourth-order valence-electron chi connectivity index (χ4n) is 3.81. The van der Waals surface area contributed by atoms with Gasteiger partial charge < -0.3 is 10.6 Å². The lowest BCUT2D eigenvalue weighted by Crippen LogP contribution is -2.43. The topological polar surface area (TPSA) is 108 Å². The fourth-order valence-corrected chi connectivity index (χ4v) is 5.33. The first-order valence-electron chi connectivity index (χ1n) is 11.0. The van der Waals surface area contributed by atoms with Crippen LogP contribution in [-0.2, 0) is 14.8 Å². The standard InChI is InChI=1S/C25H26N4O4S/c1-18-7-13-22(14-8-18)34(32,33)29-16-4-5-19(17-29)24(30)27-20-9-11-21(12-10-20)28-25(31)23-6-2-3-15-26-23/h2-3,6-15,19H,4-5,16-17H2,1H3,(H,27,30)(H,28,31)/t19-/m0/s1. The summed E-state index contributed by atoms with van der Waals surface area (Å²) in [6, 6.07) is 18.6. The highest BCUT2D eigenvalue weighted by Gasteiger charge is 2.33. The molecule has 1 aliphatic rings. The summed E-state index contributed by atoms with van der Waals surface area (Å²) in [7, 11) is -3.65. The van der Waals surface area contributed by atoms with E-state index in [1.165, 1.54) is 4.31 Å². The zero-order valence-electron chi connectivity index (χ0n) is 18.8. The third kappa shape index (κ3) is 5.49. The number of piperidine rings is 1. The highest BCUT2D eigenvalue weighted by atomic mass is 32.2. The number of benzene rings is 2. The highest BCUT2D eigenvalue weighted by Crippen LogP contribution is 2.25. The van der Waals surface area contributed by atoms with Gasteiger partial charge in [-0.25, -0.2) is 8.42 Å². The largest absolute Gasteiger partial charge is 0.326 e. The summed E-state index contributed by atoms with van der Waals surface area (Å²) in [5.41, 5.74) is 2.43. The lowest BCUT2D eigenvalue weighted by Gasteiger charge is -2.31. The Labute approximate surface area is 199 Å². The molecule has 1 aliphatic heterocycles. The number of rotatable bonds is 6. The minimum absolute atomic E-state index is 0.139. The van der Waals surface area contributed by atoms with Gasteiger partial charge in [-0.15, -0.1) is 0 Å². The molecule has 34 heavy (non-hydrogen) atoms. The summed E-state index contributed by atoms with van der Waals surface area (Å²) in [5.74, 6) is -0.999. The molecule has 0 unspecified atom stereocenters. The zero-order valence-corrected chi connectivity index (χ0v) is 19.6. The normalized spacial score (nSPS) is 16.6. The van der Waals surface area contributed by atoms with Crippen LogP contribution in [0.1, 0.15) is 28.9 Å². The first-order chi connectivity index (χ1) is 16.3. The molecule has 0 radical (unpaired) electrons. The Morgan fingerprint density at radius 2 is 1.62 bits per heavy atom. The van der Waals surface area contributed by atoms with Crippen molar-refractivity contribution >= 4 is 33.2 Å². The number of aromatic nitrogens is 1. The number of amides is 2. The van der Waals surface area contributed by atoms with Crippen molar-refractivity contribution in [3.8, 4) is 0 Å². The molecule has 0 saturated carbocycles. The molecule has 0 spiro atoms. The van der Waals surface area contributed by atoms with E-state index in [0.29, 0.717) is 36.5 Å². The van der Waals surface area contributed by atoms with Crippen molar-refractivity contribution in [2.75, 3.05) is 23.7 Å². The predicted octanol–water partition coefficient (Wildman–Crippen LogP) is 3.68. The molecule has 1 aromatic heterocycles. The third-order valence-electron chi connectivity index (χ3n) is 5.72. The summed E-state index contributed by atoms with van der Waals surface area (Å²) in [6.07, 6.45) is 2.78. The maximum atomic E-state index is 13.0. The second kappa shape index (κ2) is 10.1. The number of hydrogen-bond acceptors (Lipinski definition) is 5. The van der Waals surface area contributed by atoms with Gasteiger partial charge in [0.15, 0.2) is 0 Å². The molecule has 0 aliphatic carbocycles. The lowest BCUT2D eigenvalue weighted by atomic mass is 9.98. The van der Waals surface area contributed by atoms with Gasteiger partial charge in [0, 0.05) is 30.7 Å². The molecule has 8 nitrogen and oxygen atoms in total. The van der Waals surface area contributed by atoms with Gasteiger partial charge in [0.2, 0.25) is 15.9 Å². The minimum atomic E-state index is -3.65. The molecule has 2 N–H and O–H groups in total. The zero-order chi connectivity index (χ0) is 24.1. The Bertz CT molecular complexity index is 1260. The fraction of sp³-hybridized carbons (Fsp3) is 0.240. The molecule has 4 rings (SSSR count). The number of hydrogen-bond donors (Lipinski definition) is 2. The van der Waals surface area contributed by atoms with Gasteiger partial charge in [-0.2, -0.15) is 4.31 Å². The molecule has 2 amide bonds. The third-order valence-corrected chi connectivity index (χ3v) is 7.60. The van der Waals surface area contributed by atoms with Gasteiger partial charge >= 0.3 is 0 Å². The van der Waals surface area contributed by atoms with Crippen molar-refractivity contribution in [2.45, 2.75) is 24.7 Å². The van der Waals surface area contributed by atoms with Crippen LogP contribution in [0.25, 0.3) is 0 Å².